The van der Waals surface area contributed by atoms with Crippen molar-refractivity contribution in [1.29, 1.82) is 0 Å². The molecule has 1 aromatic carbocycles. The first-order chi connectivity index (χ1) is 12.0. The molecule has 1 aromatic rings. The smallest absolute Gasteiger partial charge is 0.318 e. The first kappa shape index (κ1) is 17.7. The van der Waals surface area contributed by atoms with Crippen LogP contribution in [0.1, 0.15) is 44.6 Å². The van der Waals surface area contributed by atoms with Gasteiger partial charge in [-0.2, -0.15) is 0 Å². The average molecular weight is 347 g/mol. The van der Waals surface area contributed by atoms with E-state index in [1.54, 1.807) is 17.0 Å². The molecule has 0 aliphatic carbocycles. The van der Waals surface area contributed by atoms with Gasteiger partial charge in [0.1, 0.15) is 11.9 Å². The lowest BCUT2D eigenvalue weighted by atomic mass is 9.98. The number of halogens is 1. The van der Waals surface area contributed by atoms with Gasteiger partial charge in [0.2, 0.25) is 5.91 Å². The summed E-state index contributed by atoms with van der Waals surface area (Å²) in [4.78, 5) is 28.8. The number of benzene rings is 1. The number of carbonyl (C=O) groups excluding carboxylic acids is 2. The summed E-state index contributed by atoms with van der Waals surface area (Å²) in [6.07, 6.45) is 2.46. The van der Waals surface area contributed by atoms with Gasteiger partial charge in [0.15, 0.2) is 0 Å². The van der Waals surface area contributed by atoms with E-state index in [1.807, 2.05) is 18.7 Å². The van der Waals surface area contributed by atoms with Crippen molar-refractivity contribution in [3.63, 3.8) is 0 Å². The van der Waals surface area contributed by atoms with Gasteiger partial charge in [0.05, 0.1) is 0 Å². The lowest BCUT2D eigenvalue weighted by Crippen LogP contribution is -2.51. The van der Waals surface area contributed by atoms with Crippen LogP contribution in [0.4, 0.5) is 9.18 Å². The van der Waals surface area contributed by atoms with Crippen LogP contribution >= 0.6 is 0 Å². The molecule has 136 valence electrons. The molecule has 3 amide bonds. The predicted octanol–water partition coefficient (Wildman–Crippen LogP) is 2.72. The lowest BCUT2D eigenvalue weighted by molar-refractivity contribution is -0.134. The number of urea groups is 1. The Kier molecular flexibility index (Phi) is 5.25. The molecule has 0 bridgehead atoms. The summed E-state index contributed by atoms with van der Waals surface area (Å²) in [5, 5.41) is 2.88. The average Bonchev–Trinajstić information content (AvgIpc) is 3.24. The van der Waals surface area contributed by atoms with E-state index in [1.165, 1.54) is 12.1 Å². The van der Waals surface area contributed by atoms with Crippen LogP contribution in [0, 0.1) is 5.82 Å². The summed E-state index contributed by atoms with van der Waals surface area (Å²) in [7, 11) is 0. The van der Waals surface area contributed by atoms with Crippen LogP contribution in [0.2, 0.25) is 0 Å². The van der Waals surface area contributed by atoms with Crippen LogP contribution in [0.3, 0.4) is 0 Å². The summed E-state index contributed by atoms with van der Waals surface area (Å²) >= 11 is 0. The maximum absolute atomic E-state index is 13.1. The lowest BCUT2D eigenvalue weighted by Gasteiger charge is -2.28. The predicted molar refractivity (Wildman–Crippen MR) is 93.7 cm³/mol. The third-order valence-electron chi connectivity index (χ3n) is 5.05. The van der Waals surface area contributed by atoms with Crippen molar-refractivity contribution in [2.45, 2.75) is 51.1 Å². The van der Waals surface area contributed by atoms with Gasteiger partial charge >= 0.3 is 6.03 Å². The van der Waals surface area contributed by atoms with Crippen LogP contribution in [-0.2, 0) is 4.79 Å². The normalized spacial score (nSPS) is 23.4. The molecule has 2 atom stereocenters. The molecule has 0 radical (unpaired) electrons. The largest absolute Gasteiger partial charge is 0.340 e. The van der Waals surface area contributed by atoms with Gasteiger partial charge in [-0.15, -0.1) is 0 Å². The van der Waals surface area contributed by atoms with E-state index in [0.29, 0.717) is 19.6 Å². The van der Waals surface area contributed by atoms with Crippen LogP contribution < -0.4 is 5.32 Å². The van der Waals surface area contributed by atoms with E-state index in [2.05, 4.69) is 5.32 Å². The van der Waals surface area contributed by atoms with Crippen molar-refractivity contribution < 1.29 is 14.0 Å². The molecule has 0 unspecified atom stereocenters. The van der Waals surface area contributed by atoms with Crippen molar-refractivity contribution in [3.8, 4) is 0 Å². The Labute approximate surface area is 148 Å². The molecular weight excluding hydrogens is 321 g/mol. The molecule has 2 heterocycles. The first-order valence-corrected chi connectivity index (χ1v) is 9.07. The number of hydrogen-bond acceptors (Lipinski definition) is 2. The Morgan fingerprint density at radius 1 is 1.16 bits per heavy atom. The van der Waals surface area contributed by atoms with Gasteiger partial charge in [-0.25, -0.2) is 9.18 Å². The number of nitrogens with zero attached hydrogens (tertiary/aromatic N) is 2. The Morgan fingerprint density at radius 3 is 2.56 bits per heavy atom. The molecule has 1 N–H and O–H groups in total. The topological polar surface area (TPSA) is 52.7 Å². The molecule has 0 aromatic heterocycles. The number of rotatable bonds is 3. The van der Waals surface area contributed by atoms with Gasteiger partial charge < -0.3 is 15.1 Å². The van der Waals surface area contributed by atoms with E-state index < -0.39 is 0 Å². The highest BCUT2D eigenvalue weighted by atomic mass is 19.1. The van der Waals surface area contributed by atoms with Gasteiger partial charge in [0.25, 0.3) is 0 Å². The Bertz CT molecular complexity index is 632. The van der Waals surface area contributed by atoms with Crippen molar-refractivity contribution >= 4 is 11.9 Å². The molecule has 2 saturated heterocycles. The fourth-order valence-electron chi connectivity index (χ4n) is 3.77. The molecule has 3 rings (SSSR count). The highest BCUT2D eigenvalue weighted by Gasteiger charge is 2.39. The van der Waals surface area contributed by atoms with E-state index in [-0.39, 0.29) is 35.8 Å². The van der Waals surface area contributed by atoms with Crippen LogP contribution in [0.5, 0.6) is 0 Å². The monoisotopic (exact) mass is 347 g/mol. The minimum atomic E-state index is -0.356. The highest BCUT2D eigenvalue weighted by molar-refractivity contribution is 5.88. The molecular formula is C19H26FN3O2. The first-order valence-electron chi connectivity index (χ1n) is 9.07. The van der Waals surface area contributed by atoms with E-state index in [4.69, 9.17) is 0 Å². The maximum Gasteiger partial charge on any atom is 0.318 e. The molecule has 6 heteroatoms. The van der Waals surface area contributed by atoms with Crippen LogP contribution in [-0.4, -0.2) is 53.5 Å². The minimum absolute atomic E-state index is 0.0426. The number of nitrogens with one attached hydrogen (secondary N) is 1. The fourth-order valence-corrected chi connectivity index (χ4v) is 3.77. The maximum atomic E-state index is 13.1. The molecule has 2 fully saturated rings. The Hall–Kier alpha value is -2.11. The molecule has 2 aliphatic heterocycles. The number of hydrogen-bond donors (Lipinski definition) is 1. The molecule has 25 heavy (non-hydrogen) atoms. The quantitative estimate of drug-likeness (QED) is 0.914. The van der Waals surface area contributed by atoms with Gasteiger partial charge in [-0.3, -0.25) is 4.79 Å². The number of likely N-dealkylation sites (tertiary alicyclic amines) is 2. The minimum Gasteiger partial charge on any atom is -0.340 e. The van der Waals surface area contributed by atoms with E-state index >= 15 is 0 Å². The Balaban J connectivity index is 1.63. The summed E-state index contributed by atoms with van der Waals surface area (Å²) < 4.78 is 13.1. The summed E-state index contributed by atoms with van der Waals surface area (Å²) in [6, 6.07) is 6.07. The van der Waals surface area contributed by atoms with E-state index in [9.17, 15) is 14.0 Å². The zero-order chi connectivity index (χ0) is 18.0. The summed E-state index contributed by atoms with van der Waals surface area (Å²) in [5.74, 6) is 0.0392. The summed E-state index contributed by atoms with van der Waals surface area (Å²) in [6.45, 7) is 5.79. The second-order valence-electron chi connectivity index (χ2n) is 7.28. The van der Waals surface area contributed by atoms with E-state index in [0.717, 1.165) is 24.8 Å². The molecule has 0 spiro atoms. The van der Waals surface area contributed by atoms with Crippen molar-refractivity contribution in [2.24, 2.45) is 0 Å². The number of carbonyl (C=O) groups is 2. The van der Waals surface area contributed by atoms with Crippen LogP contribution in [0.25, 0.3) is 0 Å². The van der Waals surface area contributed by atoms with Crippen molar-refractivity contribution in [2.75, 3.05) is 19.6 Å². The van der Waals surface area contributed by atoms with Gasteiger partial charge in [-0.1, -0.05) is 12.1 Å². The summed E-state index contributed by atoms with van der Waals surface area (Å²) in [5.41, 5.74) is 1.07. The third-order valence-corrected chi connectivity index (χ3v) is 5.05. The molecule has 0 saturated carbocycles. The Morgan fingerprint density at radius 2 is 1.88 bits per heavy atom. The van der Waals surface area contributed by atoms with Crippen molar-refractivity contribution in [1.82, 2.24) is 15.1 Å². The fraction of sp³-hybridized carbons (Fsp3) is 0.579. The zero-order valence-electron chi connectivity index (χ0n) is 14.9. The SMILES string of the molecule is CC(C)NC(=O)N1CCC[C@H]1C(=O)N1CC[C@@H](c2ccc(F)cc2)C1. The number of amides is 3. The highest BCUT2D eigenvalue weighted by Crippen LogP contribution is 2.29. The molecule has 5 nitrogen and oxygen atoms in total. The van der Waals surface area contributed by atoms with Gasteiger partial charge in [0, 0.05) is 31.6 Å². The van der Waals surface area contributed by atoms with Gasteiger partial charge in [-0.05, 0) is 50.8 Å². The second-order valence-corrected chi connectivity index (χ2v) is 7.28. The van der Waals surface area contributed by atoms with Crippen molar-refractivity contribution in [3.05, 3.63) is 35.6 Å². The van der Waals surface area contributed by atoms with Crippen LogP contribution in [0.15, 0.2) is 24.3 Å². The second kappa shape index (κ2) is 7.42. The third kappa shape index (κ3) is 3.94. The molecule has 2 aliphatic rings. The standard InChI is InChI=1S/C19H26FN3O2/c1-13(2)21-19(25)23-10-3-4-17(23)18(24)22-11-9-15(12-22)14-5-7-16(20)8-6-14/h5-8,13,15,17H,3-4,9-12H2,1-2H3,(H,21,25)/t15-,17+/m1/s1. The zero-order valence-corrected chi connectivity index (χ0v) is 14.9.